The predicted molar refractivity (Wildman–Crippen MR) is 80.9 cm³/mol. The molecule has 1 aromatic heterocycles. The van der Waals surface area contributed by atoms with E-state index in [0.717, 1.165) is 14.0 Å². The molecule has 2 aromatic rings. The van der Waals surface area contributed by atoms with E-state index in [1.54, 1.807) is 13.0 Å². The number of carbonyl (C=O) groups excluding carboxylic acids is 1. The van der Waals surface area contributed by atoms with Crippen LogP contribution in [0.4, 0.5) is 0 Å². The molecule has 0 spiro atoms. The van der Waals surface area contributed by atoms with E-state index in [4.69, 9.17) is 15.8 Å². The lowest BCUT2D eigenvalue weighted by Crippen LogP contribution is -2.21. The van der Waals surface area contributed by atoms with Crippen LogP contribution < -0.4 is 9.74 Å². The minimum atomic E-state index is -4.41. The summed E-state index contributed by atoms with van der Waals surface area (Å²) in [5.74, 6) is -1.04. The zero-order valence-corrected chi connectivity index (χ0v) is 13.5. The predicted octanol–water partition coefficient (Wildman–Crippen LogP) is 1.96. The van der Waals surface area contributed by atoms with Crippen LogP contribution in [0, 0.1) is 6.92 Å². The van der Waals surface area contributed by atoms with Gasteiger partial charge in [-0.1, -0.05) is 17.7 Å². The van der Waals surface area contributed by atoms with Gasteiger partial charge in [-0.2, -0.15) is 8.42 Å². The van der Waals surface area contributed by atoms with Crippen LogP contribution in [0.1, 0.15) is 22.8 Å². The average Bonchev–Trinajstić information content (AvgIpc) is 2.42. The van der Waals surface area contributed by atoms with E-state index in [9.17, 15) is 18.0 Å². The monoisotopic (exact) mass is 345 g/mol. The largest absolute Gasteiger partial charge is 0.448 e. The Kier molecular flexibility index (Phi) is 4.28. The van der Waals surface area contributed by atoms with Gasteiger partial charge < -0.3 is 9.17 Å². The number of nitrogens with one attached hydrogen (secondary N) is 1. The van der Waals surface area contributed by atoms with Gasteiger partial charge in [0.15, 0.2) is 11.5 Å². The number of aryl methyl sites for hydroxylation is 1. The van der Waals surface area contributed by atoms with Gasteiger partial charge in [0, 0.05) is 5.39 Å². The molecule has 1 aromatic carbocycles. The van der Waals surface area contributed by atoms with E-state index in [1.807, 2.05) is 0 Å². The summed E-state index contributed by atoms with van der Waals surface area (Å²) in [6.07, 6.45) is 0. The Morgan fingerprint density at radius 3 is 2.50 bits per heavy atom. The summed E-state index contributed by atoms with van der Waals surface area (Å²) in [6, 6.07) is 3.15. The average molecular weight is 346 g/mol. The molecule has 0 radical (unpaired) electrons. The first-order valence-electron chi connectivity index (χ1n) is 6.04. The quantitative estimate of drug-likeness (QED) is 0.850. The number of rotatable bonds is 4. The number of aromatic amines is 1. The van der Waals surface area contributed by atoms with Gasteiger partial charge in [-0.05, 0) is 25.5 Å². The molecule has 118 valence electrons. The van der Waals surface area contributed by atoms with Crippen LogP contribution in [-0.4, -0.2) is 26.3 Å². The van der Waals surface area contributed by atoms with Crippen LogP contribution in [0.5, 0.6) is 5.75 Å². The third kappa shape index (κ3) is 2.85. The van der Waals surface area contributed by atoms with Gasteiger partial charge in [0.05, 0.1) is 17.6 Å². The van der Waals surface area contributed by atoms with E-state index < -0.39 is 33.1 Å². The third-order valence-corrected chi connectivity index (χ3v) is 4.12. The maximum Gasteiger partial charge on any atom is 0.448 e. The summed E-state index contributed by atoms with van der Waals surface area (Å²) >= 11 is 6.02. The summed E-state index contributed by atoms with van der Waals surface area (Å²) in [4.78, 5) is 26.3. The lowest BCUT2D eigenvalue weighted by atomic mass is 10.0. The van der Waals surface area contributed by atoms with Gasteiger partial charge in [-0.15, -0.1) is 0 Å². The van der Waals surface area contributed by atoms with Crippen LogP contribution in [0.2, 0.25) is 5.02 Å². The molecule has 7 nitrogen and oxygen atoms in total. The number of halogens is 1. The number of hydrogen-bond donors (Lipinski definition) is 1. The Labute approximate surface area is 131 Å². The highest BCUT2D eigenvalue weighted by Gasteiger charge is 2.25. The summed E-state index contributed by atoms with van der Waals surface area (Å²) in [5.41, 5.74) is -0.468. The number of benzene rings is 1. The van der Waals surface area contributed by atoms with Crippen LogP contribution in [0.25, 0.3) is 10.9 Å². The van der Waals surface area contributed by atoms with Gasteiger partial charge in [0.25, 0.3) is 5.56 Å². The number of carbonyl (C=O) groups is 1. The first-order chi connectivity index (χ1) is 10.2. The van der Waals surface area contributed by atoms with Gasteiger partial charge in [-0.25, -0.2) is 4.18 Å². The van der Waals surface area contributed by atoms with Gasteiger partial charge in [0.1, 0.15) is 5.56 Å². The number of hydrogen-bond acceptors (Lipinski definition) is 6. The summed E-state index contributed by atoms with van der Waals surface area (Å²) in [5, 5.41) is 0.408. The van der Waals surface area contributed by atoms with E-state index >= 15 is 0 Å². The topological polar surface area (TPSA) is 103 Å². The Morgan fingerprint density at radius 1 is 1.32 bits per heavy atom. The first-order valence-corrected chi connectivity index (χ1v) is 7.75. The molecule has 22 heavy (non-hydrogen) atoms. The molecule has 2 rings (SSSR count). The van der Waals surface area contributed by atoms with E-state index in [-0.39, 0.29) is 15.9 Å². The fourth-order valence-electron chi connectivity index (χ4n) is 2.04. The molecule has 0 fully saturated rings. The third-order valence-electron chi connectivity index (χ3n) is 3.02. The number of Topliss-reactive ketones (excluding diaryl/α,β-unsaturated/α-hetero) is 1. The van der Waals surface area contributed by atoms with Crippen LogP contribution in [0.3, 0.4) is 0 Å². The van der Waals surface area contributed by atoms with Crippen LogP contribution >= 0.6 is 11.6 Å². The molecule has 0 bridgehead atoms. The van der Waals surface area contributed by atoms with Crippen molar-refractivity contribution in [3.63, 3.8) is 0 Å². The highest BCUT2D eigenvalue weighted by molar-refractivity contribution is 7.82. The Hall–Kier alpha value is -1.90. The van der Waals surface area contributed by atoms with Gasteiger partial charge in [0.2, 0.25) is 0 Å². The summed E-state index contributed by atoms with van der Waals surface area (Å²) in [7, 11) is -3.51. The molecule has 1 heterocycles. The van der Waals surface area contributed by atoms with Crippen molar-refractivity contribution in [3.05, 3.63) is 38.6 Å². The number of fused-ring (bicyclic) bond motifs is 1. The van der Waals surface area contributed by atoms with Crippen molar-refractivity contribution in [1.82, 2.24) is 4.98 Å². The van der Waals surface area contributed by atoms with Gasteiger partial charge in [-0.3, -0.25) is 9.59 Å². The second-order valence-corrected chi connectivity index (χ2v) is 6.21. The molecule has 0 unspecified atom stereocenters. The highest BCUT2D eigenvalue weighted by Crippen LogP contribution is 2.34. The molecule has 0 aliphatic heterocycles. The number of pyridine rings is 1. The lowest BCUT2D eigenvalue weighted by Gasteiger charge is -2.13. The van der Waals surface area contributed by atoms with Crippen molar-refractivity contribution in [2.45, 2.75) is 13.8 Å². The lowest BCUT2D eigenvalue weighted by molar-refractivity contribution is 0.101. The molecule has 1 N–H and O–H groups in total. The van der Waals surface area contributed by atoms with Crippen molar-refractivity contribution in [2.75, 3.05) is 7.11 Å². The zero-order chi connectivity index (χ0) is 16.7. The highest BCUT2D eigenvalue weighted by atomic mass is 35.5. The maximum atomic E-state index is 12.1. The fourth-order valence-corrected chi connectivity index (χ4v) is 2.68. The normalized spacial score (nSPS) is 11.6. The molecular formula is C13H12ClNO6S. The molecule has 0 saturated heterocycles. The smallest absolute Gasteiger partial charge is 0.360 e. The Balaban J connectivity index is 3.01. The first kappa shape index (κ1) is 16.5. The second-order valence-electron chi connectivity index (χ2n) is 4.49. The van der Waals surface area contributed by atoms with Crippen molar-refractivity contribution in [1.29, 1.82) is 0 Å². The SMILES string of the molecule is COS(=O)(=O)Oc1c(C(C)=O)c(=O)[nH]c2c(Cl)ccc(C)c12. The number of H-pyrrole nitrogens is 1. The minimum absolute atomic E-state index is 0.179. The molecule has 0 aliphatic carbocycles. The van der Waals surface area contributed by atoms with Crippen molar-refractivity contribution < 1.29 is 21.6 Å². The van der Waals surface area contributed by atoms with Gasteiger partial charge >= 0.3 is 10.4 Å². The molecule has 0 atom stereocenters. The minimum Gasteiger partial charge on any atom is -0.360 e. The zero-order valence-electron chi connectivity index (χ0n) is 11.9. The second kappa shape index (κ2) is 5.71. The molecule has 0 aliphatic rings. The van der Waals surface area contributed by atoms with Crippen molar-refractivity contribution in [3.8, 4) is 5.75 Å². The van der Waals surface area contributed by atoms with E-state index in [2.05, 4.69) is 9.17 Å². The molecule has 9 heteroatoms. The Morgan fingerprint density at radius 2 is 1.95 bits per heavy atom. The summed E-state index contributed by atoms with van der Waals surface area (Å²) < 4.78 is 32.2. The van der Waals surface area contributed by atoms with Crippen molar-refractivity contribution >= 4 is 38.7 Å². The van der Waals surface area contributed by atoms with Crippen LogP contribution in [-0.2, 0) is 14.6 Å². The van der Waals surface area contributed by atoms with E-state index in [1.165, 1.54) is 6.07 Å². The standard InChI is InChI=1S/C13H12ClNO6S/c1-6-4-5-8(14)11-9(6)12(21-22(18,19)20-3)10(7(2)16)13(17)15-11/h4-5H,1-3H3,(H,15,17). The van der Waals surface area contributed by atoms with Crippen LogP contribution in [0.15, 0.2) is 16.9 Å². The fraction of sp³-hybridized carbons (Fsp3) is 0.231. The number of ketones is 1. The Bertz CT molecular complexity index is 932. The number of aromatic nitrogens is 1. The van der Waals surface area contributed by atoms with E-state index in [0.29, 0.717) is 5.56 Å². The molecule has 0 amide bonds. The maximum absolute atomic E-state index is 12.1. The molecule has 0 saturated carbocycles. The summed E-state index contributed by atoms with van der Waals surface area (Å²) in [6.45, 7) is 2.79. The van der Waals surface area contributed by atoms with Crippen molar-refractivity contribution in [2.24, 2.45) is 0 Å². The molecular weight excluding hydrogens is 334 g/mol.